The van der Waals surface area contributed by atoms with Crippen molar-refractivity contribution in [2.24, 2.45) is 5.73 Å². The lowest BCUT2D eigenvalue weighted by molar-refractivity contribution is -0.142. The minimum atomic E-state index is -0.765. The van der Waals surface area contributed by atoms with Crippen LogP contribution in [0.2, 0.25) is 0 Å². The Balaban J connectivity index is 2.87. The molecule has 0 amide bonds. The van der Waals surface area contributed by atoms with Crippen LogP contribution >= 0.6 is 0 Å². The number of carbonyl (C=O) groups is 1. The number of aryl methyl sites for hydroxylation is 1. The third-order valence-corrected chi connectivity index (χ3v) is 2.87. The van der Waals surface area contributed by atoms with E-state index in [0.717, 1.165) is 11.3 Å². The second-order valence-corrected chi connectivity index (χ2v) is 5.69. The van der Waals surface area contributed by atoms with Crippen LogP contribution in [0.1, 0.15) is 31.9 Å². The maximum atomic E-state index is 11.2. The smallest absolute Gasteiger partial charge is 0.326 e. The predicted octanol–water partition coefficient (Wildman–Crippen LogP) is 2.17. The molecule has 1 aromatic carbocycles. The van der Waals surface area contributed by atoms with Gasteiger partial charge in [0.1, 0.15) is 18.4 Å². The molecule has 1 atom stereocenters. The van der Waals surface area contributed by atoms with Crippen molar-refractivity contribution in [3.8, 4) is 5.75 Å². The van der Waals surface area contributed by atoms with Crippen LogP contribution in [0.15, 0.2) is 18.2 Å². The fourth-order valence-electron chi connectivity index (χ4n) is 1.75. The first-order valence-corrected chi connectivity index (χ1v) is 6.33. The zero-order valence-electron chi connectivity index (χ0n) is 12.3. The molecule has 0 saturated carbocycles. The summed E-state index contributed by atoms with van der Waals surface area (Å²) in [5.74, 6) is 0.293. The normalized spacial score (nSPS) is 12.9. The first kappa shape index (κ1) is 15.5. The molecule has 0 fully saturated rings. The molecule has 0 spiro atoms. The molecule has 0 aliphatic carbocycles. The van der Waals surface area contributed by atoms with E-state index in [2.05, 4.69) is 31.6 Å². The predicted molar refractivity (Wildman–Crippen MR) is 75.4 cm³/mol. The highest BCUT2D eigenvalue weighted by Gasteiger charge is 2.21. The van der Waals surface area contributed by atoms with E-state index in [1.165, 1.54) is 12.7 Å². The monoisotopic (exact) mass is 265 g/mol. The number of nitrogens with two attached hydrogens (primary N) is 1. The van der Waals surface area contributed by atoms with Gasteiger partial charge in [-0.3, -0.25) is 4.79 Å². The lowest BCUT2D eigenvalue weighted by Gasteiger charge is -2.24. The quantitative estimate of drug-likeness (QED) is 0.848. The summed E-state index contributed by atoms with van der Waals surface area (Å²) in [6.07, 6.45) is 0. The van der Waals surface area contributed by atoms with E-state index in [9.17, 15) is 4.79 Å². The number of rotatable bonds is 4. The van der Waals surface area contributed by atoms with Gasteiger partial charge in [0.2, 0.25) is 0 Å². The number of hydrogen-bond donors (Lipinski definition) is 1. The van der Waals surface area contributed by atoms with Gasteiger partial charge in [-0.2, -0.15) is 0 Å². The molecule has 0 radical (unpaired) electrons. The third kappa shape index (κ3) is 4.24. The number of ether oxygens (including phenoxy) is 2. The van der Waals surface area contributed by atoms with Crippen molar-refractivity contribution in [3.63, 3.8) is 0 Å². The van der Waals surface area contributed by atoms with Gasteiger partial charge in [-0.25, -0.2) is 0 Å². The summed E-state index contributed by atoms with van der Waals surface area (Å²) in [6.45, 7) is 8.51. The highest BCUT2D eigenvalue weighted by atomic mass is 16.5. The van der Waals surface area contributed by atoms with Crippen LogP contribution in [-0.4, -0.2) is 25.7 Å². The summed E-state index contributed by atoms with van der Waals surface area (Å²) in [6, 6.07) is 5.23. The van der Waals surface area contributed by atoms with Crippen molar-refractivity contribution in [1.82, 2.24) is 0 Å². The Morgan fingerprint density at radius 3 is 2.53 bits per heavy atom. The largest absolute Gasteiger partial charge is 0.491 e. The van der Waals surface area contributed by atoms with Crippen molar-refractivity contribution in [2.75, 3.05) is 13.7 Å². The van der Waals surface area contributed by atoms with E-state index < -0.39 is 12.0 Å². The van der Waals surface area contributed by atoms with Crippen LogP contribution in [0.5, 0.6) is 5.75 Å². The minimum Gasteiger partial charge on any atom is -0.491 e. The molecule has 1 aromatic rings. The molecule has 4 heteroatoms. The zero-order chi connectivity index (χ0) is 14.6. The molecule has 106 valence electrons. The molecule has 4 nitrogen and oxygen atoms in total. The first-order valence-electron chi connectivity index (χ1n) is 6.33. The van der Waals surface area contributed by atoms with Crippen LogP contribution in [-0.2, 0) is 14.9 Å². The molecular weight excluding hydrogens is 242 g/mol. The third-order valence-electron chi connectivity index (χ3n) is 2.87. The van der Waals surface area contributed by atoms with Crippen molar-refractivity contribution in [3.05, 3.63) is 29.3 Å². The second-order valence-electron chi connectivity index (χ2n) is 5.69. The molecule has 0 aromatic heterocycles. The van der Waals surface area contributed by atoms with Crippen molar-refractivity contribution < 1.29 is 14.3 Å². The summed E-state index contributed by atoms with van der Waals surface area (Å²) >= 11 is 0. The Bertz CT molecular complexity index is 449. The van der Waals surface area contributed by atoms with Crippen molar-refractivity contribution in [1.29, 1.82) is 0 Å². The van der Waals surface area contributed by atoms with E-state index in [1.807, 2.05) is 19.1 Å². The van der Waals surface area contributed by atoms with Gasteiger partial charge >= 0.3 is 5.97 Å². The van der Waals surface area contributed by atoms with E-state index in [0.29, 0.717) is 0 Å². The number of benzene rings is 1. The molecule has 0 aliphatic heterocycles. The Morgan fingerprint density at radius 2 is 2.00 bits per heavy atom. The van der Waals surface area contributed by atoms with E-state index >= 15 is 0 Å². The van der Waals surface area contributed by atoms with Crippen LogP contribution in [0.4, 0.5) is 0 Å². The molecular formula is C15H23NO3. The summed E-state index contributed by atoms with van der Waals surface area (Å²) < 4.78 is 10.3. The molecule has 1 unspecified atom stereocenters. The van der Waals surface area contributed by atoms with Gasteiger partial charge in [0, 0.05) is 0 Å². The average molecular weight is 265 g/mol. The van der Waals surface area contributed by atoms with Crippen molar-refractivity contribution >= 4 is 5.97 Å². The summed E-state index contributed by atoms with van der Waals surface area (Å²) in [5.41, 5.74) is 7.91. The van der Waals surface area contributed by atoms with Crippen LogP contribution in [0.25, 0.3) is 0 Å². The maximum Gasteiger partial charge on any atom is 0.326 e. The molecule has 0 bridgehead atoms. The van der Waals surface area contributed by atoms with Crippen LogP contribution < -0.4 is 10.5 Å². The molecule has 19 heavy (non-hydrogen) atoms. The number of carbonyl (C=O) groups excluding carboxylic acids is 1. The standard InChI is InChI=1S/C15H23NO3/c1-10-6-7-13(11(8-10)15(2,3)4)19-9-12(16)14(17)18-5/h6-8,12H,9,16H2,1-5H3. The second kappa shape index (κ2) is 6.06. The topological polar surface area (TPSA) is 61.5 Å². The Morgan fingerprint density at radius 1 is 1.37 bits per heavy atom. The van der Waals surface area contributed by atoms with Gasteiger partial charge in [-0.05, 0) is 24.0 Å². The van der Waals surface area contributed by atoms with Crippen LogP contribution in [0, 0.1) is 6.92 Å². The van der Waals surface area contributed by atoms with Gasteiger partial charge in [-0.15, -0.1) is 0 Å². The van der Waals surface area contributed by atoms with Gasteiger partial charge in [0.15, 0.2) is 0 Å². The summed E-state index contributed by atoms with van der Waals surface area (Å²) in [7, 11) is 1.31. The lowest BCUT2D eigenvalue weighted by atomic mass is 9.85. The Labute approximate surface area is 114 Å². The van der Waals surface area contributed by atoms with Gasteiger partial charge in [0.05, 0.1) is 7.11 Å². The Hall–Kier alpha value is -1.55. The highest BCUT2D eigenvalue weighted by Crippen LogP contribution is 2.32. The fraction of sp³-hybridized carbons (Fsp3) is 0.533. The molecule has 0 aliphatic rings. The lowest BCUT2D eigenvalue weighted by Crippen LogP contribution is -2.37. The number of methoxy groups -OCH3 is 1. The van der Waals surface area contributed by atoms with Gasteiger partial charge in [-0.1, -0.05) is 38.5 Å². The SMILES string of the molecule is COC(=O)C(N)COc1ccc(C)cc1C(C)(C)C. The fourth-order valence-corrected chi connectivity index (χ4v) is 1.75. The van der Waals surface area contributed by atoms with E-state index in [-0.39, 0.29) is 12.0 Å². The molecule has 0 heterocycles. The van der Waals surface area contributed by atoms with Crippen LogP contribution in [0.3, 0.4) is 0 Å². The zero-order valence-corrected chi connectivity index (χ0v) is 12.3. The maximum absolute atomic E-state index is 11.2. The molecule has 0 saturated heterocycles. The Kier molecular flexibility index (Phi) is 4.95. The highest BCUT2D eigenvalue weighted by molar-refractivity contribution is 5.75. The van der Waals surface area contributed by atoms with Gasteiger partial charge in [0.25, 0.3) is 0 Å². The molecule has 2 N–H and O–H groups in total. The summed E-state index contributed by atoms with van der Waals surface area (Å²) in [5, 5.41) is 0. The first-order chi connectivity index (χ1) is 8.75. The number of esters is 1. The van der Waals surface area contributed by atoms with Crippen molar-refractivity contribution in [2.45, 2.75) is 39.2 Å². The van der Waals surface area contributed by atoms with Gasteiger partial charge < -0.3 is 15.2 Å². The number of hydrogen-bond acceptors (Lipinski definition) is 4. The minimum absolute atomic E-state index is 0.0310. The van der Waals surface area contributed by atoms with E-state index in [1.54, 1.807) is 0 Å². The average Bonchev–Trinajstić information content (AvgIpc) is 2.34. The summed E-state index contributed by atoms with van der Waals surface area (Å²) in [4.78, 5) is 11.2. The molecule has 1 rings (SSSR count). The van der Waals surface area contributed by atoms with E-state index in [4.69, 9.17) is 10.5 Å².